The van der Waals surface area contributed by atoms with Crippen molar-refractivity contribution in [1.82, 2.24) is 0 Å². The number of nitriles is 1. The summed E-state index contributed by atoms with van der Waals surface area (Å²) >= 11 is 0. The molecule has 212 valence electrons. The van der Waals surface area contributed by atoms with Gasteiger partial charge >= 0.3 is 7.12 Å². The van der Waals surface area contributed by atoms with Gasteiger partial charge in [-0.2, -0.15) is 5.26 Å². The SMILES string of the molecule is CC1(C)OB(c2cc3c4c(ccc5cc(-c6ccc(C#N)cc6)cc(c54)C3(c3ccccc3)c3ccccc3)c2)OC1(C)C. The zero-order chi connectivity index (χ0) is 30.3. The Balaban J connectivity index is 1.48. The highest BCUT2D eigenvalue weighted by atomic mass is 16.7. The van der Waals surface area contributed by atoms with Gasteiger partial charge in [-0.15, -0.1) is 0 Å². The van der Waals surface area contributed by atoms with Crippen molar-refractivity contribution < 1.29 is 9.31 Å². The molecule has 0 atom stereocenters. The molecule has 0 bridgehead atoms. The van der Waals surface area contributed by atoms with E-state index in [9.17, 15) is 5.26 Å². The number of rotatable bonds is 4. The Kier molecular flexibility index (Phi) is 5.75. The summed E-state index contributed by atoms with van der Waals surface area (Å²) in [5.41, 5.74) is 7.41. The largest absolute Gasteiger partial charge is 0.494 e. The fourth-order valence-corrected chi connectivity index (χ4v) is 7.27. The van der Waals surface area contributed by atoms with Crippen molar-refractivity contribution in [3.8, 4) is 17.2 Å². The van der Waals surface area contributed by atoms with Crippen LogP contribution in [0.4, 0.5) is 0 Å². The van der Waals surface area contributed by atoms with E-state index in [1.165, 1.54) is 43.8 Å². The first-order valence-electron chi connectivity index (χ1n) is 15.3. The van der Waals surface area contributed by atoms with Crippen molar-refractivity contribution in [2.45, 2.75) is 44.3 Å². The second kappa shape index (κ2) is 9.41. The van der Waals surface area contributed by atoms with Crippen LogP contribution in [0, 0.1) is 11.3 Å². The van der Waals surface area contributed by atoms with Gasteiger partial charge in [-0.05, 0) is 112 Å². The molecule has 0 N–H and O–H groups in total. The molecule has 0 spiro atoms. The van der Waals surface area contributed by atoms with E-state index in [0.717, 1.165) is 16.6 Å². The zero-order valence-electron chi connectivity index (χ0n) is 25.4. The first kappa shape index (κ1) is 26.9. The minimum Gasteiger partial charge on any atom is -0.399 e. The predicted molar refractivity (Wildman–Crippen MR) is 179 cm³/mol. The maximum Gasteiger partial charge on any atom is 0.494 e. The Morgan fingerprint density at radius 3 is 1.64 bits per heavy atom. The summed E-state index contributed by atoms with van der Waals surface area (Å²) in [5, 5.41) is 14.4. The quantitative estimate of drug-likeness (QED) is 0.158. The first-order chi connectivity index (χ1) is 21.2. The summed E-state index contributed by atoms with van der Waals surface area (Å²) in [7, 11) is -0.474. The van der Waals surface area contributed by atoms with Gasteiger partial charge in [-0.25, -0.2) is 0 Å². The second-order valence-corrected chi connectivity index (χ2v) is 13.1. The molecule has 0 aromatic heterocycles. The normalized spacial score (nSPS) is 17.4. The minimum atomic E-state index is -0.565. The summed E-state index contributed by atoms with van der Waals surface area (Å²) in [5.74, 6) is 0. The molecule has 8 rings (SSSR count). The van der Waals surface area contributed by atoms with Crippen LogP contribution in [0.25, 0.3) is 32.7 Å². The summed E-state index contributed by atoms with van der Waals surface area (Å²) in [4.78, 5) is 0. The van der Waals surface area contributed by atoms with Crippen LogP contribution in [0.1, 0.15) is 55.5 Å². The van der Waals surface area contributed by atoms with E-state index >= 15 is 0 Å². The van der Waals surface area contributed by atoms with Crippen molar-refractivity contribution in [3.05, 3.63) is 149 Å². The topological polar surface area (TPSA) is 42.2 Å². The van der Waals surface area contributed by atoms with Crippen molar-refractivity contribution in [2.75, 3.05) is 0 Å². The van der Waals surface area contributed by atoms with Crippen LogP contribution in [-0.4, -0.2) is 18.3 Å². The maximum absolute atomic E-state index is 9.42. The Bertz CT molecular complexity index is 2070. The van der Waals surface area contributed by atoms with Gasteiger partial charge in [-0.3, -0.25) is 0 Å². The molecule has 0 amide bonds. The van der Waals surface area contributed by atoms with E-state index in [4.69, 9.17) is 9.31 Å². The van der Waals surface area contributed by atoms with Crippen LogP contribution in [0.15, 0.2) is 121 Å². The highest BCUT2D eigenvalue weighted by Gasteiger charge is 2.53. The van der Waals surface area contributed by atoms with Crippen molar-refractivity contribution >= 4 is 34.1 Å². The van der Waals surface area contributed by atoms with Crippen LogP contribution in [0.2, 0.25) is 0 Å². The molecule has 1 fully saturated rings. The minimum absolute atomic E-state index is 0.439. The lowest BCUT2D eigenvalue weighted by atomic mass is 9.65. The van der Waals surface area contributed by atoms with Gasteiger partial charge in [-0.1, -0.05) is 97.1 Å². The number of benzene rings is 6. The maximum atomic E-state index is 9.42. The molecule has 3 nitrogen and oxygen atoms in total. The van der Waals surface area contributed by atoms with Crippen molar-refractivity contribution in [1.29, 1.82) is 5.26 Å². The van der Waals surface area contributed by atoms with E-state index in [1.807, 2.05) is 12.1 Å². The Morgan fingerprint density at radius 2 is 1.09 bits per heavy atom. The standard InChI is InChI=1S/C40H32BNO2/c1-38(2)39(3,4)44-41(43-38)33-22-29-20-19-28-21-30(27-17-15-26(25-42)16-18-27)23-34-36(28)37(29)35(24-33)40(34,31-11-7-5-8-12-31)32-13-9-6-10-14-32/h5-24H,1-4H3. The monoisotopic (exact) mass is 569 g/mol. The Morgan fingerprint density at radius 1 is 0.568 bits per heavy atom. The van der Waals surface area contributed by atoms with Gasteiger partial charge in [0, 0.05) is 0 Å². The average Bonchev–Trinajstić information content (AvgIpc) is 3.47. The molecule has 6 aromatic carbocycles. The molecule has 1 aliphatic heterocycles. The van der Waals surface area contributed by atoms with Gasteiger partial charge in [0.2, 0.25) is 0 Å². The second-order valence-electron chi connectivity index (χ2n) is 13.1. The molecule has 1 heterocycles. The van der Waals surface area contributed by atoms with Crippen LogP contribution < -0.4 is 5.46 Å². The van der Waals surface area contributed by atoms with Crippen LogP contribution in [0.3, 0.4) is 0 Å². The summed E-state index contributed by atoms with van der Waals surface area (Å²) < 4.78 is 13.2. The van der Waals surface area contributed by atoms with Gasteiger partial charge in [0.05, 0.1) is 28.2 Å². The van der Waals surface area contributed by atoms with Gasteiger partial charge < -0.3 is 9.31 Å². The number of nitrogens with zero attached hydrogens (tertiary/aromatic N) is 1. The molecule has 1 saturated heterocycles. The smallest absolute Gasteiger partial charge is 0.399 e. The molecule has 0 unspecified atom stereocenters. The Hall–Kier alpha value is -4.69. The Labute approximate surface area is 258 Å². The molecule has 2 aliphatic rings. The zero-order valence-corrected chi connectivity index (χ0v) is 25.4. The van der Waals surface area contributed by atoms with E-state index in [1.54, 1.807) is 0 Å². The highest BCUT2D eigenvalue weighted by molar-refractivity contribution is 6.62. The molecule has 0 radical (unpaired) electrons. The number of hydrogen-bond acceptors (Lipinski definition) is 3. The molecule has 0 saturated carbocycles. The highest BCUT2D eigenvalue weighted by Crippen LogP contribution is 2.56. The van der Waals surface area contributed by atoms with E-state index < -0.39 is 23.7 Å². The third kappa shape index (κ3) is 3.70. The molecule has 4 heteroatoms. The van der Waals surface area contributed by atoms with Crippen molar-refractivity contribution in [3.63, 3.8) is 0 Å². The van der Waals surface area contributed by atoms with Crippen LogP contribution in [-0.2, 0) is 14.7 Å². The predicted octanol–water partition coefficient (Wildman–Crippen LogP) is 8.53. The fourth-order valence-electron chi connectivity index (χ4n) is 7.27. The van der Waals surface area contributed by atoms with Gasteiger partial charge in [0.25, 0.3) is 0 Å². The molecule has 1 aliphatic carbocycles. The lowest BCUT2D eigenvalue weighted by molar-refractivity contribution is 0.00578. The lowest BCUT2D eigenvalue weighted by Gasteiger charge is -2.34. The van der Waals surface area contributed by atoms with E-state index in [-0.39, 0.29) is 0 Å². The molecule has 44 heavy (non-hydrogen) atoms. The lowest BCUT2D eigenvalue weighted by Crippen LogP contribution is -2.41. The van der Waals surface area contributed by atoms with E-state index in [0.29, 0.717) is 5.56 Å². The molecule has 6 aromatic rings. The summed E-state index contributed by atoms with van der Waals surface area (Å²) in [6.07, 6.45) is 0. The first-order valence-corrected chi connectivity index (χ1v) is 15.3. The number of hydrogen-bond donors (Lipinski definition) is 0. The molecular formula is C40H32BNO2. The molecular weight excluding hydrogens is 537 g/mol. The van der Waals surface area contributed by atoms with Gasteiger partial charge in [0.1, 0.15) is 0 Å². The van der Waals surface area contributed by atoms with Crippen molar-refractivity contribution in [2.24, 2.45) is 0 Å². The third-order valence-corrected chi connectivity index (χ3v) is 10.1. The fraction of sp³-hybridized carbons (Fsp3) is 0.175. The van der Waals surface area contributed by atoms with Crippen LogP contribution in [0.5, 0.6) is 0 Å². The van der Waals surface area contributed by atoms with E-state index in [2.05, 4.69) is 143 Å². The van der Waals surface area contributed by atoms with Gasteiger partial charge in [0.15, 0.2) is 0 Å². The summed E-state index contributed by atoms with van der Waals surface area (Å²) in [6.45, 7) is 8.43. The third-order valence-electron chi connectivity index (χ3n) is 10.1. The summed E-state index contributed by atoms with van der Waals surface area (Å²) in [6, 6.07) is 45.7. The van der Waals surface area contributed by atoms with Crippen LogP contribution >= 0.6 is 0 Å². The average molecular weight is 570 g/mol.